The van der Waals surface area contributed by atoms with Crippen molar-refractivity contribution >= 4 is 17.3 Å². The fourth-order valence-electron chi connectivity index (χ4n) is 1.99. The molecule has 0 amide bonds. The molecule has 1 aromatic carbocycles. The lowest BCUT2D eigenvalue weighted by Crippen LogP contribution is -2.01. The van der Waals surface area contributed by atoms with Crippen LogP contribution >= 0.6 is 0 Å². The molecule has 0 unspecified atom stereocenters. The summed E-state index contributed by atoms with van der Waals surface area (Å²) >= 11 is 0. The van der Waals surface area contributed by atoms with E-state index < -0.39 is 0 Å². The first-order valence-electron chi connectivity index (χ1n) is 5.57. The minimum Gasteiger partial charge on any atom is -0.298 e. The zero-order valence-electron chi connectivity index (χ0n) is 9.18. The lowest BCUT2D eigenvalue weighted by molar-refractivity contribution is 0.112. The van der Waals surface area contributed by atoms with Gasteiger partial charge in [-0.25, -0.2) is 4.68 Å². The predicted octanol–water partition coefficient (Wildman–Crippen LogP) is 1.96. The second kappa shape index (κ2) is 3.40. The Morgan fingerprint density at radius 2 is 2.31 bits per heavy atom. The number of carbonyl (C=O) groups excluding carboxylic acids is 1. The van der Waals surface area contributed by atoms with Gasteiger partial charge in [0.15, 0.2) is 0 Å². The van der Waals surface area contributed by atoms with Crippen molar-refractivity contribution in [3.8, 4) is 0 Å². The van der Waals surface area contributed by atoms with E-state index in [2.05, 4.69) is 10.3 Å². The van der Waals surface area contributed by atoms with Crippen LogP contribution in [0.3, 0.4) is 0 Å². The van der Waals surface area contributed by atoms with Gasteiger partial charge in [-0.1, -0.05) is 5.21 Å². The molecule has 1 aliphatic carbocycles. The van der Waals surface area contributed by atoms with Gasteiger partial charge in [0.05, 0.1) is 5.52 Å². The van der Waals surface area contributed by atoms with E-state index in [0.717, 1.165) is 35.3 Å². The molecule has 4 heteroatoms. The lowest BCUT2D eigenvalue weighted by atomic mass is 10.1. The van der Waals surface area contributed by atoms with E-state index in [9.17, 15) is 4.79 Å². The summed E-state index contributed by atoms with van der Waals surface area (Å²) in [7, 11) is 0. The summed E-state index contributed by atoms with van der Waals surface area (Å²) in [5.74, 6) is 0.774. The van der Waals surface area contributed by atoms with Gasteiger partial charge < -0.3 is 0 Å². The van der Waals surface area contributed by atoms with Crippen molar-refractivity contribution in [2.45, 2.75) is 26.3 Å². The first-order chi connectivity index (χ1) is 7.79. The zero-order valence-corrected chi connectivity index (χ0v) is 9.18. The molecule has 1 saturated carbocycles. The Hall–Kier alpha value is -1.71. The summed E-state index contributed by atoms with van der Waals surface area (Å²) in [6, 6.07) is 3.78. The van der Waals surface area contributed by atoms with Gasteiger partial charge in [0, 0.05) is 12.1 Å². The van der Waals surface area contributed by atoms with Crippen LogP contribution in [0, 0.1) is 12.8 Å². The van der Waals surface area contributed by atoms with Crippen LogP contribution in [0.5, 0.6) is 0 Å². The second-order valence-electron chi connectivity index (χ2n) is 4.48. The molecule has 1 fully saturated rings. The highest BCUT2D eigenvalue weighted by atomic mass is 16.1. The standard InChI is InChI=1S/C12H13N3O/c1-8-10(7-16)4-5-11-12(8)13-14-15(11)6-9-2-3-9/h4-5,7,9H,2-3,6H2,1H3. The monoisotopic (exact) mass is 215 g/mol. The summed E-state index contributed by atoms with van der Waals surface area (Å²) in [5, 5.41) is 8.32. The first-order valence-corrected chi connectivity index (χ1v) is 5.57. The summed E-state index contributed by atoms with van der Waals surface area (Å²) in [5.41, 5.74) is 3.51. The zero-order chi connectivity index (χ0) is 11.1. The summed E-state index contributed by atoms with van der Waals surface area (Å²) in [6.07, 6.45) is 3.47. The molecule has 1 aromatic heterocycles. The molecule has 2 aromatic rings. The second-order valence-corrected chi connectivity index (χ2v) is 4.48. The largest absolute Gasteiger partial charge is 0.298 e. The van der Waals surface area contributed by atoms with E-state index in [1.807, 2.05) is 23.7 Å². The molecule has 1 heterocycles. The maximum absolute atomic E-state index is 10.8. The normalized spacial score (nSPS) is 15.6. The highest BCUT2D eigenvalue weighted by Gasteiger charge is 2.23. The van der Waals surface area contributed by atoms with Crippen LogP contribution in [-0.2, 0) is 6.54 Å². The van der Waals surface area contributed by atoms with Crippen LogP contribution < -0.4 is 0 Å². The fraction of sp³-hybridized carbons (Fsp3) is 0.417. The molecule has 16 heavy (non-hydrogen) atoms. The van der Waals surface area contributed by atoms with Gasteiger partial charge in [0.25, 0.3) is 0 Å². The average Bonchev–Trinajstić information content (AvgIpc) is 3.00. The SMILES string of the molecule is Cc1c(C=O)ccc2c1nnn2CC1CC1. The molecular weight excluding hydrogens is 202 g/mol. The number of fused-ring (bicyclic) bond motifs is 1. The fourth-order valence-corrected chi connectivity index (χ4v) is 1.99. The number of nitrogens with zero attached hydrogens (tertiary/aromatic N) is 3. The van der Waals surface area contributed by atoms with Gasteiger partial charge in [-0.3, -0.25) is 4.79 Å². The lowest BCUT2D eigenvalue weighted by Gasteiger charge is -2.01. The number of benzene rings is 1. The Morgan fingerprint density at radius 3 is 3.00 bits per heavy atom. The summed E-state index contributed by atoms with van der Waals surface area (Å²) in [6.45, 7) is 2.87. The molecule has 3 rings (SSSR count). The van der Waals surface area contributed by atoms with Crippen LogP contribution in [0.1, 0.15) is 28.8 Å². The third-order valence-corrected chi connectivity index (χ3v) is 3.24. The van der Waals surface area contributed by atoms with E-state index in [0.29, 0.717) is 5.56 Å². The third kappa shape index (κ3) is 1.41. The molecule has 0 saturated heterocycles. The van der Waals surface area contributed by atoms with Gasteiger partial charge in [0.2, 0.25) is 0 Å². The summed E-state index contributed by atoms with van der Waals surface area (Å²) in [4.78, 5) is 10.8. The Bertz CT molecular complexity index is 555. The highest BCUT2D eigenvalue weighted by molar-refractivity contribution is 5.88. The Morgan fingerprint density at radius 1 is 1.50 bits per heavy atom. The van der Waals surface area contributed by atoms with Crippen molar-refractivity contribution in [1.29, 1.82) is 0 Å². The average molecular weight is 215 g/mol. The smallest absolute Gasteiger partial charge is 0.150 e. The molecule has 0 bridgehead atoms. The van der Waals surface area contributed by atoms with Crippen molar-refractivity contribution in [3.63, 3.8) is 0 Å². The van der Waals surface area contributed by atoms with Crippen molar-refractivity contribution in [2.75, 3.05) is 0 Å². The van der Waals surface area contributed by atoms with E-state index in [4.69, 9.17) is 0 Å². The number of aromatic nitrogens is 3. The molecule has 0 aliphatic heterocycles. The number of carbonyl (C=O) groups is 1. The number of aldehydes is 1. The highest BCUT2D eigenvalue weighted by Crippen LogP contribution is 2.31. The Kier molecular flexibility index (Phi) is 2.02. The maximum Gasteiger partial charge on any atom is 0.150 e. The van der Waals surface area contributed by atoms with Gasteiger partial charge >= 0.3 is 0 Å². The minimum absolute atomic E-state index is 0.700. The van der Waals surface area contributed by atoms with Gasteiger partial charge in [-0.05, 0) is 43.4 Å². The number of rotatable bonds is 3. The van der Waals surface area contributed by atoms with Crippen LogP contribution in [-0.4, -0.2) is 21.3 Å². The van der Waals surface area contributed by atoms with E-state index in [-0.39, 0.29) is 0 Å². The van der Waals surface area contributed by atoms with Gasteiger partial charge in [0.1, 0.15) is 11.8 Å². The van der Waals surface area contributed by atoms with Crippen LogP contribution in [0.25, 0.3) is 11.0 Å². The first kappa shape index (κ1) is 9.51. The Labute approximate surface area is 93.3 Å². The maximum atomic E-state index is 10.8. The van der Waals surface area contributed by atoms with Crippen molar-refractivity contribution in [1.82, 2.24) is 15.0 Å². The number of hydrogen-bond donors (Lipinski definition) is 0. The molecule has 0 N–H and O–H groups in total. The molecule has 0 atom stereocenters. The number of aryl methyl sites for hydroxylation is 1. The summed E-state index contributed by atoms with van der Waals surface area (Å²) < 4.78 is 1.95. The topological polar surface area (TPSA) is 47.8 Å². The minimum atomic E-state index is 0.700. The Balaban J connectivity index is 2.12. The van der Waals surface area contributed by atoms with E-state index >= 15 is 0 Å². The van der Waals surface area contributed by atoms with Crippen molar-refractivity contribution in [3.05, 3.63) is 23.3 Å². The molecular formula is C12H13N3O. The van der Waals surface area contributed by atoms with Crippen molar-refractivity contribution < 1.29 is 4.79 Å². The van der Waals surface area contributed by atoms with Crippen LogP contribution in [0.15, 0.2) is 12.1 Å². The quantitative estimate of drug-likeness (QED) is 0.735. The molecule has 0 spiro atoms. The van der Waals surface area contributed by atoms with E-state index in [1.54, 1.807) is 0 Å². The van der Waals surface area contributed by atoms with Crippen LogP contribution in [0.2, 0.25) is 0 Å². The molecule has 82 valence electrons. The molecule has 4 nitrogen and oxygen atoms in total. The van der Waals surface area contributed by atoms with Crippen LogP contribution in [0.4, 0.5) is 0 Å². The van der Waals surface area contributed by atoms with Crippen molar-refractivity contribution in [2.24, 2.45) is 5.92 Å². The molecule has 0 radical (unpaired) electrons. The number of hydrogen-bond acceptors (Lipinski definition) is 3. The third-order valence-electron chi connectivity index (χ3n) is 3.24. The van der Waals surface area contributed by atoms with Gasteiger partial charge in [-0.15, -0.1) is 5.10 Å². The van der Waals surface area contributed by atoms with Gasteiger partial charge in [-0.2, -0.15) is 0 Å². The van der Waals surface area contributed by atoms with E-state index in [1.165, 1.54) is 12.8 Å². The molecule has 1 aliphatic rings. The predicted molar refractivity (Wildman–Crippen MR) is 60.4 cm³/mol.